The molecule has 112 heavy (non-hydrogen) atoms. The third-order valence-electron chi connectivity index (χ3n) is 16.0. The predicted octanol–water partition coefficient (Wildman–Crippen LogP) is 6.33. The normalized spacial score (nSPS) is 10.6. The van der Waals surface area contributed by atoms with Crippen LogP contribution in [0.15, 0.2) is 234 Å². The van der Waals surface area contributed by atoms with Crippen LogP contribution in [0.3, 0.4) is 0 Å². The average molecular weight is 1690 g/mol. The number of carbonyl (C=O) groups excluding carboxylic acids is 2. The maximum atomic E-state index is 13.2. The number of carboxylic acids is 1. The minimum atomic E-state index is -3.41. The molecule has 0 aliphatic rings. The average Bonchev–Trinajstić information content (AvgIpc) is 1.63. The molecule has 0 saturated carbocycles. The van der Waals surface area contributed by atoms with Crippen molar-refractivity contribution in [1.29, 1.82) is 0 Å². The van der Waals surface area contributed by atoms with E-state index in [1.165, 1.54) is 123 Å². The van der Waals surface area contributed by atoms with Crippen LogP contribution in [-0.4, -0.2) is 160 Å². The first kappa shape index (κ1) is 92.6. The zero-order valence-corrected chi connectivity index (χ0v) is 68.7. The summed E-state index contributed by atoms with van der Waals surface area (Å²) >= 11 is 3.42. The van der Waals surface area contributed by atoms with Crippen LogP contribution in [0.1, 0.15) is 69.9 Å². The van der Waals surface area contributed by atoms with Crippen molar-refractivity contribution in [2.45, 2.75) is 50.6 Å². The van der Waals surface area contributed by atoms with Crippen LogP contribution < -0.4 is 74.8 Å². The molecule has 14 aromatic rings. The number of carbonyl (C=O) groups is 3. The molecule has 0 atom stereocenters. The second-order valence-electron chi connectivity index (χ2n) is 23.1. The molecule has 14 rings (SSSR count). The van der Waals surface area contributed by atoms with Crippen molar-refractivity contribution < 1.29 is 144 Å². The summed E-state index contributed by atoms with van der Waals surface area (Å²) in [6, 6.07) is 37.1. The Bertz CT molecular complexity index is 5650. The van der Waals surface area contributed by atoms with E-state index < -0.39 is 37.5 Å². The fraction of sp³-hybridized carbons (Fsp3) is 0.171. The minimum Gasteiger partial charge on any atom is -1.00 e. The third kappa shape index (κ3) is 24.5. The van der Waals surface area contributed by atoms with Gasteiger partial charge in [-0.15, -0.1) is 0 Å². The van der Waals surface area contributed by atoms with E-state index in [0.29, 0.717) is 84.5 Å². The summed E-state index contributed by atoms with van der Waals surface area (Å²) < 4.78 is 111. The number of fused-ring (bicyclic) bond motifs is 4. The zero-order valence-electron chi connectivity index (χ0n) is 61.6. The molecule has 0 bridgehead atoms. The van der Waals surface area contributed by atoms with Gasteiger partial charge in [-0.3, -0.25) is 30.0 Å². The summed E-state index contributed by atoms with van der Waals surface area (Å²) in [5, 5.41) is 38.5. The largest absolute Gasteiger partial charge is 1.00 e. The van der Waals surface area contributed by atoms with Gasteiger partial charge >= 0.3 is 63.3 Å². The Labute approximate surface area is 698 Å². The number of hydrogen-bond donors (Lipinski definition) is 4. The fourth-order valence-corrected chi connectivity index (χ4v) is 13.0. The van der Waals surface area contributed by atoms with Crippen LogP contribution in [0.25, 0.3) is 66.4 Å². The molecule has 0 aliphatic heterocycles. The van der Waals surface area contributed by atoms with Crippen LogP contribution >= 0.6 is 15.9 Å². The summed E-state index contributed by atoms with van der Waals surface area (Å²) in [5.74, 6) is -3.18. The molecule has 0 fully saturated rings. The van der Waals surface area contributed by atoms with Crippen molar-refractivity contribution in [1.82, 2.24) is 69.3 Å². The molecule has 8 aromatic heterocycles. The molecule has 8 heterocycles. The van der Waals surface area contributed by atoms with Crippen LogP contribution in [0.5, 0.6) is 0 Å². The Morgan fingerprint density at radius 2 is 0.804 bits per heavy atom. The molecular formula is C76H76BrClF4KN15O12S2. The number of aromatic carboxylic acids is 1. The summed E-state index contributed by atoms with van der Waals surface area (Å²) in [7, 11) is -5.32. The molecule has 0 saturated heterocycles. The van der Waals surface area contributed by atoms with E-state index in [1.54, 1.807) is 149 Å². The molecular weight excluding hydrogens is 1610 g/mol. The number of ether oxygens (including phenoxy) is 1. The van der Waals surface area contributed by atoms with Crippen LogP contribution in [0.4, 0.5) is 17.6 Å². The van der Waals surface area contributed by atoms with Gasteiger partial charge in [0.15, 0.2) is 19.7 Å². The van der Waals surface area contributed by atoms with E-state index in [0.717, 1.165) is 32.9 Å². The number of benzene rings is 6. The summed E-state index contributed by atoms with van der Waals surface area (Å²) in [6.45, 7) is 12.7. The summed E-state index contributed by atoms with van der Waals surface area (Å²) in [6.07, 6.45) is 21.0. The maximum Gasteiger partial charge on any atom is 1.00 e. The second kappa shape index (κ2) is 44.3. The number of pyridine rings is 4. The number of esters is 1. The Morgan fingerprint density at radius 3 is 1.14 bits per heavy atom. The van der Waals surface area contributed by atoms with E-state index in [-0.39, 0.29) is 110 Å². The molecule has 36 heteroatoms. The van der Waals surface area contributed by atoms with Crippen LogP contribution in [-0.2, 0) is 42.4 Å². The van der Waals surface area contributed by atoms with Crippen molar-refractivity contribution in [2.75, 3.05) is 45.9 Å². The second-order valence-corrected chi connectivity index (χ2v) is 27.9. The van der Waals surface area contributed by atoms with E-state index >= 15 is 0 Å². The molecule has 0 radical (unpaired) electrons. The van der Waals surface area contributed by atoms with E-state index in [9.17, 15) is 48.8 Å². The van der Waals surface area contributed by atoms with Gasteiger partial charge in [-0.05, 0) is 157 Å². The Hall–Kier alpha value is -9.96. The van der Waals surface area contributed by atoms with E-state index in [2.05, 4.69) is 97.9 Å². The van der Waals surface area contributed by atoms with Gasteiger partial charge in [0.1, 0.15) is 29.8 Å². The van der Waals surface area contributed by atoms with E-state index in [1.807, 2.05) is 6.07 Å². The van der Waals surface area contributed by atoms with Crippen LogP contribution in [0.2, 0.25) is 0 Å². The van der Waals surface area contributed by atoms with Crippen molar-refractivity contribution in [2.24, 2.45) is 0 Å². The molecule has 0 spiro atoms. The standard InChI is InChI=1S/C21H17FN4O3S.C15H12FN3O2.C13H8FN3O2.C12H7BrFN3.C8H11NO2S.C6H15N.CH4O2.ClH.K.H2O/c1-30(28,29)20-5-3-2-4-14(20)10-24-21(27)18-11-23-13-19-17(18)12-25-26(19)16-8-6-15(22)7-9-16;1-2-21-15(20)13-7-17-9-14-12(13)8-18-19(14)11-5-3-10(16)4-6-11;14-8-1-3-9(4-2-8)17-12-7-15-5-11(13(18)19)10(12)6-16-17;13-11-6-15-7-12-10(11)5-16-17(12)9-3-1-8(14)2-4-9;1-12(10,11)8-5-3-2-4-7(8)6-9;1-4-7(5-2)6-3;1-3-2;;;/h2-9,11-13H,10H2,1H3,(H,24,27);3-9H,2H2,1H3;1-7H,(H,18,19);1-7H;2-5H,6,9H2,1H3;4-6H2,1-3H3;2H,1H3;1H;;1H2/q;;;;;;;;+1;/p-1. The molecule has 1 amide bonds. The number of nitrogens with zero attached hydrogens (tertiary/aromatic N) is 13. The number of carboxylic acid groups (broad SMARTS) is 1. The molecule has 6 aromatic carbocycles. The number of halogens is 6. The topological polar surface area (TPSA) is 374 Å². The zero-order chi connectivity index (χ0) is 79.0. The molecule has 0 unspecified atom stereocenters. The Morgan fingerprint density at radius 1 is 0.491 bits per heavy atom. The Balaban J connectivity index is 0.000000247. The van der Waals surface area contributed by atoms with Gasteiger partial charge < -0.3 is 43.7 Å². The quantitative estimate of drug-likeness (QED) is 0.0270. The molecule has 0 aliphatic carbocycles. The number of aromatic nitrogens is 12. The van der Waals surface area contributed by atoms with Gasteiger partial charge in [-0.1, -0.05) is 57.2 Å². The SMILES string of the molecule is CCN(CC)CC.CCOC(=O)c1cncc2c1cnn2-c1ccc(F)cc1.COO.CS(=O)(=O)c1ccccc1CNC(=O)c1cncc2c1cnn2-c1ccc(F)cc1.CS(=O)(=O)c1ccccc1C[NH3+].Fc1ccc(-n2ncc3c(Br)cncc32)cc1.O=C(O)c1cncc2c1cnn2-c1ccc(F)cc1.[Cl-].[K+].[OH-]. The van der Waals surface area contributed by atoms with Crippen molar-refractivity contribution in [3.63, 3.8) is 0 Å². The van der Waals surface area contributed by atoms with Crippen molar-refractivity contribution >= 4 is 97.1 Å². The van der Waals surface area contributed by atoms with Crippen LogP contribution in [0, 0.1) is 23.3 Å². The fourth-order valence-electron chi connectivity index (χ4n) is 10.6. The first-order valence-corrected chi connectivity index (χ1v) is 37.8. The first-order valence-electron chi connectivity index (χ1n) is 33.2. The van der Waals surface area contributed by atoms with Gasteiger partial charge in [0.2, 0.25) is 0 Å². The third-order valence-corrected chi connectivity index (χ3v) is 19.0. The Kier molecular flexibility index (Phi) is 36.7. The van der Waals surface area contributed by atoms with E-state index in [4.69, 9.17) is 15.1 Å². The molecule has 7 N–H and O–H groups in total. The van der Waals surface area contributed by atoms with Gasteiger partial charge in [-0.25, -0.2) is 67.6 Å². The predicted molar refractivity (Wildman–Crippen MR) is 408 cm³/mol. The number of amides is 1. The smallest absolute Gasteiger partial charge is 1.00 e. The van der Waals surface area contributed by atoms with Crippen molar-refractivity contribution in [3.05, 3.63) is 276 Å². The number of sulfone groups is 2. The molecule has 27 nitrogen and oxygen atoms in total. The monoisotopic (exact) mass is 1680 g/mol. The maximum absolute atomic E-state index is 13.2. The summed E-state index contributed by atoms with van der Waals surface area (Å²) in [5.41, 5.74) is 11.2. The number of hydrogen-bond acceptors (Lipinski definition) is 20. The summed E-state index contributed by atoms with van der Waals surface area (Å²) in [4.78, 5) is 58.1. The van der Waals surface area contributed by atoms with Gasteiger partial charge in [0.05, 0.1) is 135 Å². The minimum absolute atomic E-state index is 0. The van der Waals surface area contributed by atoms with Gasteiger partial charge in [-0.2, -0.15) is 20.4 Å². The van der Waals surface area contributed by atoms with Crippen molar-refractivity contribution in [3.8, 4) is 22.7 Å². The number of nitrogens with one attached hydrogen (secondary N) is 1. The number of quaternary nitrogens is 1. The van der Waals surface area contributed by atoms with Gasteiger partial charge in [0, 0.05) is 75.4 Å². The first-order chi connectivity index (χ1) is 52.3. The van der Waals surface area contributed by atoms with Gasteiger partial charge in [0.25, 0.3) is 5.91 Å². The molecule has 582 valence electrons. The number of rotatable bonds is 16.